The van der Waals surface area contributed by atoms with Gasteiger partial charge in [0.25, 0.3) is 0 Å². The van der Waals surface area contributed by atoms with E-state index in [0.29, 0.717) is 12.1 Å². The highest BCUT2D eigenvalue weighted by atomic mass is 16.5. The van der Waals surface area contributed by atoms with Crippen LogP contribution in [0.25, 0.3) is 0 Å². The molecule has 0 saturated carbocycles. The van der Waals surface area contributed by atoms with Crippen LogP contribution in [0.1, 0.15) is 26.7 Å². The van der Waals surface area contributed by atoms with Gasteiger partial charge >= 0.3 is 0 Å². The van der Waals surface area contributed by atoms with Crippen molar-refractivity contribution in [2.75, 3.05) is 31.7 Å². The Bertz CT molecular complexity index is 288. The van der Waals surface area contributed by atoms with Gasteiger partial charge in [-0.2, -0.15) is 0 Å². The molecular formula is C13H23N3O2. The molecule has 102 valence electrons. The number of anilines is 1. The van der Waals surface area contributed by atoms with Crippen molar-refractivity contribution in [2.24, 2.45) is 0 Å². The van der Waals surface area contributed by atoms with Crippen molar-refractivity contribution < 1.29 is 9.47 Å². The van der Waals surface area contributed by atoms with Gasteiger partial charge in [0.2, 0.25) is 5.95 Å². The molecule has 0 amide bonds. The maximum absolute atomic E-state index is 5.46. The van der Waals surface area contributed by atoms with Crippen molar-refractivity contribution >= 4 is 5.95 Å². The Labute approximate surface area is 109 Å². The topological polar surface area (TPSA) is 56.3 Å². The van der Waals surface area contributed by atoms with Crippen LogP contribution in [-0.4, -0.2) is 42.4 Å². The minimum atomic E-state index is 0.337. The van der Waals surface area contributed by atoms with Crippen LogP contribution in [0, 0.1) is 0 Å². The standard InChI is InChI=1S/C9H13N3O.C4H10O/c1-3-8(13-6-1)7-12-9-10-4-2-5-11-9;1-3-5-4-2/h2,4-5,8H,1,3,6-7H2,(H,10,11,12);3-4H2,1-2H3. The Hall–Kier alpha value is -1.20. The monoisotopic (exact) mass is 253 g/mol. The number of aromatic nitrogens is 2. The lowest BCUT2D eigenvalue weighted by Crippen LogP contribution is -2.19. The highest BCUT2D eigenvalue weighted by Gasteiger charge is 2.14. The second-order valence-corrected chi connectivity index (χ2v) is 3.87. The zero-order chi connectivity index (χ0) is 13.1. The Morgan fingerprint density at radius 1 is 1.33 bits per heavy atom. The molecule has 0 bridgehead atoms. The van der Waals surface area contributed by atoms with E-state index in [1.54, 1.807) is 18.5 Å². The van der Waals surface area contributed by atoms with Gasteiger partial charge in [-0.1, -0.05) is 0 Å². The number of nitrogens with zero attached hydrogens (tertiary/aromatic N) is 2. The van der Waals surface area contributed by atoms with E-state index < -0.39 is 0 Å². The molecule has 1 unspecified atom stereocenters. The van der Waals surface area contributed by atoms with Crippen molar-refractivity contribution in [1.82, 2.24) is 9.97 Å². The molecular weight excluding hydrogens is 230 g/mol. The van der Waals surface area contributed by atoms with Gasteiger partial charge in [-0.15, -0.1) is 0 Å². The molecule has 1 aromatic rings. The van der Waals surface area contributed by atoms with E-state index in [1.165, 1.54) is 6.42 Å². The van der Waals surface area contributed by atoms with E-state index in [2.05, 4.69) is 15.3 Å². The van der Waals surface area contributed by atoms with Crippen LogP contribution in [0.3, 0.4) is 0 Å². The van der Waals surface area contributed by atoms with Crippen molar-refractivity contribution in [3.05, 3.63) is 18.5 Å². The Balaban J connectivity index is 0.000000280. The molecule has 0 spiro atoms. The second kappa shape index (κ2) is 9.79. The molecule has 0 radical (unpaired) electrons. The van der Waals surface area contributed by atoms with Gasteiger partial charge in [-0.05, 0) is 32.8 Å². The van der Waals surface area contributed by atoms with Crippen LogP contribution in [0.2, 0.25) is 0 Å². The first-order valence-electron chi connectivity index (χ1n) is 6.57. The van der Waals surface area contributed by atoms with Crippen LogP contribution in [-0.2, 0) is 9.47 Å². The SMILES string of the molecule is CCOCC.c1cnc(NCC2CCCO2)nc1. The summed E-state index contributed by atoms with van der Waals surface area (Å²) in [6.45, 7) is 7.37. The summed E-state index contributed by atoms with van der Waals surface area (Å²) in [4.78, 5) is 8.12. The summed E-state index contributed by atoms with van der Waals surface area (Å²) in [6, 6.07) is 1.80. The van der Waals surface area contributed by atoms with Crippen LogP contribution in [0.5, 0.6) is 0 Å². The molecule has 2 heterocycles. The first kappa shape index (κ1) is 14.9. The molecule has 18 heavy (non-hydrogen) atoms. The molecule has 1 aromatic heterocycles. The number of hydrogen-bond donors (Lipinski definition) is 1. The normalized spacial score (nSPS) is 18.0. The molecule has 1 aliphatic heterocycles. The molecule has 1 atom stereocenters. The fourth-order valence-corrected chi connectivity index (χ4v) is 1.60. The van der Waals surface area contributed by atoms with Crippen molar-refractivity contribution in [3.63, 3.8) is 0 Å². The summed E-state index contributed by atoms with van der Waals surface area (Å²) in [5.41, 5.74) is 0. The molecule has 5 nitrogen and oxygen atoms in total. The van der Waals surface area contributed by atoms with Crippen molar-refractivity contribution in [2.45, 2.75) is 32.8 Å². The number of hydrogen-bond acceptors (Lipinski definition) is 5. The van der Waals surface area contributed by atoms with E-state index in [0.717, 1.165) is 32.8 Å². The molecule has 5 heteroatoms. The zero-order valence-electron chi connectivity index (χ0n) is 11.3. The third-order valence-electron chi connectivity index (χ3n) is 2.49. The van der Waals surface area contributed by atoms with Crippen LogP contribution in [0.15, 0.2) is 18.5 Å². The molecule has 1 aliphatic rings. The lowest BCUT2D eigenvalue weighted by molar-refractivity contribution is 0.120. The second-order valence-electron chi connectivity index (χ2n) is 3.87. The average Bonchev–Trinajstić information content (AvgIpc) is 2.92. The van der Waals surface area contributed by atoms with Crippen LogP contribution in [0.4, 0.5) is 5.95 Å². The zero-order valence-corrected chi connectivity index (χ0v) is 11.3. The van der Waals surface area contributed by atoms with E-state index >= 15 is 0 Å². The Kier molecular flexibility index (Phi) is 8.08. The minimum Gasteiger partial charge on any atom is -0.382 e. The molecule has 1 fully saturated rings. The predicted molar refractivity (Wildman–Crippen MR) is 71.7 cm³/mol. The largest absolute Gasteiger partial charge is 0.382 e. The van der Waals surface area contributed by atoms with Crippen LogP contribution < -0.4 is 5.32 Å². The fourth-order valence-electron chi connectivity index (χ4n) is 1.60. The highest BCUT2D eigenvalue weighted by Crippen LogP contribution is 2.11. The van der Waals surface area contributed by atoms with Crippen LogP contribution >= 0.6 is 0 Å². The molecule has 2 rings (SSSR count). The Morgan fingerprint density at radius 2 is 2.06 bits per heavy atom. The lowest BCUT2D eigenvalue weighted by Gasteiger charge is -2.09. The fraction of sp³-hybridized carbons (Fsp3) is 0.692. The van der Waals surface area contributed by atoms with E-state index in [-0.39, 0.29) is 0 Å². The maximum atomic E-state index is 5.46. The van der Waals surface area contributed by atoms with Gasteiger partial charge in [-0.3, -0.25) is 0 Å². The van der Waals surface area contributed by atoms with Crippen molar-refractivity contribution in [1.29, 1.82) is 0 Å². The van der Waals surface area contributed by atoms with E-state index in [4.69, 9.17) is 9.47 Å². The summed E-state index contributed by atoms with van der Waals surface area (Å²) in [7, 11) is 0. The first-order chi connectivity index (χ1) is 8.86. The summed E-state index contributed by atoms with van der Waals surface area (Å²) in [5, 5.41) is 3.14. The average molecular weight is 253 g/mol. The smallest absolute Gasteiger partial charge is 0.222 e. The lowest BCUT2D eigenvalue weighted by atomic mass is 10.2. The summed E-state index contributed by atoms with van der Waals surface area (Å²) >= 11 is 0. The number of ether oxygens (including phenoxy) is 2. The minimum absolute atomic E-state index is 0.337. The first-order valence-corrected chi connectivity index (χ1v) is 6.57. The predicted octanol–water partition coefficient (Wildman–Crippen LogP) is 2.11. The van der Waals surface area contributed by atoms with Gasteiger partial charge in [0.1, 0.15) is 0 Å². The summed E-state index contributed by atoms with van der Waals surface area (Å²) in [5.74, 6) is 0.679. The van der Waals surface area contributed by atoms with Gasteiger partial charge in [-0.25, -0.2) is 9.97 Å². The molecule has 1 N–H and O–H groups in total. The quantitative estimate of drug-likeness (QED) is 0.871. The van der Waals surface area contributed by atoms with Crippen molar-refractivity contribution in [3.8, 4) is 0 Å². The van der Waals surface area contributed by atoms with E-state index in [9.17, 15) is 0 Å². The van der Waals surface area contributed by atoms with Gasteiger partial charge in [0.15, 0.2) is 0 Å². The third kappa shape index (κ3) is 6.51. The number of rotatable bonds is 5. The van der Waals surface area contributed by atoms with E-state index in [1.807, 2.05) is 13.8 Å². The maximum Gasteiger partial charge on any atom is 0.222 e. The third-order valence-corrected chi connectivity index (χ3v) is 2.49. The van der Waals surface area contributed by atoms with Gasteiger partial charge in [0, 0.05) is 38.8 Å². The molecule has 0 aliphatic carbocycles. The molecule has 0 aromatic carbocycles. The van der Waals surface area contributed by atoms with Gasteiger partial charge < -0.3 is 14.8 Å². The summed E-state index contributed by atoms with van der Waals surface area (Å²) < 4.78 is 10.3. The number of nitrogens with one attached hydrogen (secondary N) is 1. The highest BCUT2D eigenvalue weighted by molar-refractivity contribution is 5.22. The summed E-state index contributed by atoms with van der Waals surface area (Å²) in [6.07, 6.45) is 6.10. The molecule has 1 saturated heterocycles. The van der Waals surface area contributed by atoms with Gasteiger partial charge in [0.05, 0.1) is 6.10 Å². The Morgan fingerprint density at radius 3 is 2.56 bits per heavy atom.